The van der Waals surface area contributed by atoms with Gasteiger partial charge in [0.15, 0.2) is 0 Å². The Hall–Kier alpha value is -1.63. The molecule has 0 atom stereocenters. The molecule has 1 N–H and O–H groups in total. The third-order valence-electron chi connectivity index (χ3n) is 2.56. The van der Waals surface area contributed by atoms with E-state index in [1.807, 2.05) is 42.5 Å². The highest BCUT2D eigenvalue weighted by molar-refractivity contribution is 7.99. The van der Waals surface area contributed by atoms with Crippen LogP contribution in [0.15, 0.2) is 47.4 Å². The summed E-state index contributed by atoms with van der Waals surface area (Å²) in [5.74, 6) is 0.944. The van der Waals surface area contributed by atoms with Crippen LogP contribution in [-0.2, 0) is 0 Å². The van der Waals surface area contributed by atoms with E-state index in [1.54, 1.807) is 11.8 Å². The molecule has 0 aliphatic heterocycles. The fourth-order valence-corrected chi connectivity index (χ4v) is 2.63. The van der Waals surface area contributed by atoms with Crippen LogP contribution in [0.25, 0.3) is 0 Å². The lowest BCUT2D eigenvalue weighted by Crippen LogP contribution is -1.95. The Labute approximate surface area is 122 Å². The van der Waals surface area contributed by atoms with E-state index < -0.39 is 0 Å². The summed E-state index contributed by atoms with van der Waals surface area (Å²) in [7, 11) is 0. The minimum Gasteiger partial charge on any atom is -0.354 e. The average Bonchev–Trinajstić information content (AvgIpc) is 2.42. The van der Waals surface area contributed by atoms with Gasteiger partial charge in [0.1, 0.15) is 6.07 Å². The van der Waals surface area contributed by atoms with E-state index in [1.165, 1.54) is 0 Å². The monoisotopic (exact) mass is 288 g/mol. The quantitative estimate of drug-likeness (QED) is 0.798. The number of hydrogen-bond acceptors (Lipinski definition) is 3. The summed E-state index contributed by atoms with van der Waals surface area (Å²) in [5, 5.41) is 13.3. The lowest BCUT2D eigenvalue weighted by Gasteiger charge is -2.11. The number of thioether (sulfide) groups is 1. The van der Waals surface area contributed by atoms with Crippen molar-refractivity contribution in [2.45, 2.75) is 11.8 Å². The van der Waals surface area contributed by atoms with Crippen molar-refractivity contribution in [3.8, 4) is 6.07 Å². The van der Waals surface area contributed by atoms with E-state index in [0.29, 0.717) is 10.6 Å². The Bertz CT molecular complexity index is 603. The highest BCUT2D eigenvalue weighted by Crippen LogP contribution is 2.30. The Morgan fingerprint density at radius 1 is 1.21 bits per heavy atom. The molecular formula is C15H13ClN2S. The molecule has 0 unspecified atom stereocenters. The number of nitrogens with zero attached hydrogens (tertiary/aromatic N) is 1. The van der Waals surface area contributed by atoms with Crippen molar-refractivity contribution in [1.82, 2.24) is 0 Å². The van der Waals surface area contributed by atoms with Crippen LogP contribution in [-0.4, -0.2) is 5.75 Å². The van der Waals surface area contributed by atoms with Crippen LogP contribution in [0.3, 0.4) is 0 Å². The first-order chi connectivity index (χ1) is 9.24. The second-order valence-corrected chi connectivity index (χ2v) is 5.60. The Morgan fingerprint density at radius 2 is 1.95 bits per heavy atom. The Morgan fingerprint density at radius 3 is 2.58 bits per heavy atom. The van der Waals surface area contributed by atoms with Crippen molar-refractivity contribution >= 4 is 34.7 Å². The second-order valence-electron chi connectivity index (χ2n) is 3.86. The van der Waals surface area contributed by atoms with Gasteiger partial charge in [0.05, 0.1) is 11.3 Å². The SMILES string of the molecule is CCSc1cccc(Nc2ccc(Cl)cc2)c1C#N. The van der Waals surface area contributed by atoms with Crippen molar-refractivity contribution in [3.63, 3.8) is 0 Å². The van der Waals surface area contributed by atoms with E-state index in [2.05, 4.69) is 18.3 Å². The highest BCUT2D eigenvalue weighted by Gasteiger charge is 2.08. The number of halogens is 1. The number of nitriles is 1. The normalized spacial score (nSPS) is 9.95. The topological polar surface area (TPSA) is 35.8 Å². The molecule has 2 rings (SSSR count). The Kier molecular flexibility index (Phi) is 4.73. The van der Waals surface area contributed by atoms with Gasteiger partial charge in [-0.2, -0.15) is 5.26 Å². The summed E-state index contributed by atoms with van der Waals surface area (Å²) >= 11 is 7.53. The second kappa shape index (κ2) is 6.51. The first kappa shape index (κ1) is 13.8. The van der Waals surface area contributed by atoms with Crippen LogP contribution in [0, 0.1) is 11.3 Å². The van der Waals surface area contributed by atoms with Crippen molar-refractivity contribution in [2.24, 2.45) is 0 Å². The third-order valence-corrected chi connectivity index (χ3v) is 3.75. The molecule has 4 heteroatoms. The molecule has 0 aliphatic carbocycles. The van der Waals surface area contributed by atoms with Crippen molar-refractivity contribution in [1.29, 1.82) is 5.26 Å². The molecule has 0 bridgehead atoms. The lowest BCUT2D eigenvalue weighted by molar-refractivity contribution is 1.35. The van der Waals surface area contributed by atoms with Crippen LogP contribution in [0.4, 0.5) is 11.4 Å². The standard InChI is InChI=1S/C15H13ClN2S/c1-2-19-15-5-3-4-14(13(15)10-17)18-12-8-6-11(16)7-9-12/h3-9,18H,2H2,1H3. The predicted molar refractivity (Wildman–Crippen MR) is 82.3 cm³/mol. The van der Waals surface area contributed by atoms with Gasteiger partial charge in [-0.1, -0.05) is 24.6 Å². The van der Waals surface area contributed by atoms with E-state index in [0.717, 1.165) is 22.0 Å². The van der Waals surface area contributed by atoms with E-state index in [4.69, 9.17) is 11.6 Å². The molecule has 0 amide bonds. The van der Waals surface area contributed by atoms with Crippen LogP contribution in [0.2, 0.25) is 5.02 Å². The molecule has 0 aromatic heterocycles. The Balaban J connectivity index is 2.32. The first-order valence-corrected chi connectivity index (χ1v) is 7.29. The van der Waals surface area contributed by atoms with Gasteiger partial charge >= 0.3 is 0 Å². The maximum atomic E-state index is 9.32. The van der Waals surface area contributed by atoms with Gasteiger partial charge in [-0.05, 0) is 42.2 Å². The minimum absolute atomic E-state index is 0.685. The predicted octanol–water partition coefficient (Wildman–Crippen LogP) is 5.07. The van der Waals surface area contributed by atoms with Gasteiger partial charge in [-0.15, -0.1) is 11.8 Å². The zero-order valence-electron chi connectivity index (χ0n) is 10.5. The first-order valence-electron chi connectivity index (χ1n) is 5.93. The fourth-order valence-electron chi connectivity index (χ4n) is 1.72. The molecule has 2 nitrogen and oxygen atoms in total. The number of rotatable bonds is 4. The van der Waals surface area contributed by atoms with E-state index in [9.17, 15) is 5.26 Å². The average molecular weight is 289 g/mol. The lowest BCUT2D eigenvalue weighted by atomic mass is 10.2. The molecular weight excluding hydrogens is 276 g/mol. The van der Waals surface area contributed by atoms with E-state index in [-0.39, 0.29) is 0 Å². The van der Waals surface area contributed by atoms with Crippen LogP contribution in [0.5, 0.6) is 0 Å². The molecule has 0 fully saturated rings. The smallest absolute Gasteiger partial charge is 0.103 e. The van der Waals surface area contributed by atoms with Gasteiger partial charge in [-0.3, -0.25) is 0 Å². The zero-order chi connectivity index (χ0) is 13.7. The van der Waals surface area contributed by atoms with Crippen LogP contribution >= 0.6 is 23.4 Å². The van der Waals surface area contributed by atoms with Crippen LogP contribution < -0.4 is 5.32 Å². The fraction of sp³-hybridized carbons (Fsp3) is 0.133. The van der Waals surface area contributed by atoms with Gasteiger partial charge in [-0.25, -0.2) is 0 Å². The van der Waals surface area contributed by atoms with Crippen molar-refractivity contribution < 1.29 is 0 Å². The molecule has 0 spiro atoms. The van der Waals surface area contributed by atoms with Gasteiger partial charge in [0.25, 0.3) is 0 Å². The molecule has 0 saturated heterocycles. The zero-order valence-corrected chi connectivity index (χ0v) is 12.1. The molecule has 0 heterocycles. The molecule has 2 aromatic carbocycles. The van der Waals surface area contributed by atoms with Gasteiger partial charge in [0.2, 0.25) is 0 Å². The molecule has 2 aromatic rings. The van der Waals surface area contributed by atoms with Gasteiger partial charge < -0.3 is 5.32 Å². The summed E-state index contributed by atoms with van der Waals surface area (Å²) in [6.45, 7) is 2.07. The maximum absolute atomic E-state index is 9.32. The number of nitrogens with one attached hydrogen (secondary N) is 1. The molecule has 19 heavy (non-hydrogen) atoms. The summed E-state index contributed by atoms with van der Waals surface area (Å²) in [4.78, 5) is 1.00. The highest BCUT2D eigenvalue weighted by atomic mass is 35.5. The largest absolute Gasteiger partial charge is 0.354 e. The molecule has 0 aliphatic rings. The third kappa shape index (κ3) is 3.44. The summed E-state index contributed by atoms with van der Waals surface area (Å²) in [6.07, 6.45) is 0. The molecule has 0 radical (unpaired) electrons. The minimum atomic E-state index is 0.685. The van der Waals surface area contributed by atoms with Crippen LogP contribution in [0.1, 0.15) is 12.5 Å². The molecule has 96 valence electrons. The van der Waals surface area contributed by atoms with Crippen molar-refractivity contribution in [3.05, 3.63) is 53.1 Å². The van der Waals surface area contributed by atoms with E-state index >= 15 is 0 Å². The number of anilines is 2. The maximum Gasteiger partial charge on any atom is 0.103 e. The number of hydrogen-bond donors (Lipinski definition) is 1. The molecule has 0 saturated carbocycles. The summed E-state index contributed by atoms with van der Waals surface area (Å²) in [6, 6.07) is 15.5. The summed E-state index contributed by atoms with van der Waals surface area (Å²) in [5.41, 5.74) is 2.42. The van der Waals surface area contributed by atoms with Crippen molar-refractivity contribution in [2.75, 3.05) is 11.1 Å². The summed E-state index contributed by atoms with van der Waals surface area (Å²) < 4.78 is 0. The van der Waals surface area contributed by atoms with Gasteiger partial charge in [0, 0.05) is 15.6 Å². The number of benzene rings is 2.